The highest BCUT2D eigenvalue weighted by Gasteiger charge is 2.45. The first-order valence-corrected chi connectivity index (χ1v) is 9.87. The number of nitrogens with one attached hydrogen (secondary N) is 2. The number of hydrogen-bond donors (Lipinski definition) is 3. The average Bonchev–Trinajstić information content (AvgIpc) is 3.41. The monoisotopic (exact) mass is 394 g/mol. The number of aromatic amines is 1. The van der Waals surface area contributed by atoms with Crippen LogP contribution in [0.3, 0.4) is 0 Å². The fourth-order valence-electron chi connectivity index (χ4n) is 3.41. The lowest BCUT2D eigenvalue weighted by Crippen LogP contribution is -2.51. The molecule has 0 saturated heterocycles. The topological polar surface area (TPSA) is 127 Å². The molecule has 0 saturated carbocycles. The number of H-pyrrole nitrogens is 1. The summed E-state index contributed by atoms with van der Waals surface area (Å²) >= 11 is 1.51. The summed E-state index contributed by atoms with van der Waals surface area (Å²) in [7, 11) is 0. The van der Waals surface area contributed by atoms with Crippen LogP contribution in [0.25, 0.3) is 5.65 Å². The second-order valence-corrected chi connectivity index (χ2v) is 7.36. The molecule has 4 aromatic rings. The van der Waals surface area contributed by atoms with E-state index in [1.165, 1.54) is 11.8 Å². The normalized spacial score (nSPS) is 18.5. The zero-order valence-corrected chi connectivity index (χ0v) is 16.3. The van der Waals surface area contributed by atoms with Crippen LogP contribution in [-0.4, -0.2) is 46.7 Å². The third-order valence-corrected chi connectivity index (χ3v) is 5.42. The maximum Gasteiger partial charge on any atom is 0.210 e. The van der Waals surface area contributed by atoms with E-state index in [0.717, 1.165) is 22.1 Å². The molecule has 1 atom stereocenters. The average molecular weight is 394 g/mol. The van der Waals surface area contributed by atoms with Crippen molar-refractivity contribution in [2.24, 2.45) is 10.8 Å². The number of nitrogens with zero attached hydrogens (tertiary/aromatic N) is 7. The molecular weight excluding hydrogens is 376 g/mol. The quantitative estimate of drug-likeness (QED) is 0.353. The Bertz CT molecular complexity index is 1220. The molecule has 0 aliphatic carbocycles. The molecule has 28 heavy (non-hydrogen) atoms. The van der Waals surface area contributed by atoms with Crippen LogP contribution in [0.2, 0.25) is 0 Å². The summed E-state index contributed by atoms with van der Waals surface area (Å²) in [4.78, 5) is 0. The van der Waals surface area contributed by atoms with Crippen molar-refractivity contribution in [3.8, 4) is 0 Å². The van der Waals surface area contributed by atoms with Crippen molar-refractivity contribution in [1.29, 1.82) is 0 Å². The van der Waals surface area contributed by atoms with Gasteiger partial charge in [-0.2, -0.15) is 9.78 Å². The number of anilines is 1. The fourth-order valence-corrected chi connectivity index (χ4v) is 3.84. The van der Waals surface area contributed by atoms with Crippen molar-refractivity contribution in [3.05, 3.63) is 53.2 Å². The Labute approximate surface area is 164 Å². The lowest BCUT2D eigenvalue weighted by Gasteiger charge is -2.26. The summed E-state index contributed by atoms with van der Waals surface area (Å²) in [6, 6.07) is 9.80. The SMILES string of the molecule is CSc1nnc2c(NC3(N)C(c4ccccc4)=Nn4c(C)nnc43)c(C)[nH]n12. The number of aryl methyl sites for hydroxylation is 2. The van der Waals surface area contributed by atoms with Crippen molar-refractivity contribution in [2.45, 2.75) is 24.7 Å². The highest BCUT2D eigenvalue weighted by molar-refractivity contribution is 7.98. The van der Waals surface area contributed by atoms with Crippen molar-refractivity contribution >= 4 is 28.8 Å². The molecule has 5 rings (SSSR count). The van der Waals surface area contributed by atoms with E-state index < -0.39 is 5.66 Å². The Morgan fingerprint density at radius 2 is 1.89 bits per heavy atom. The van der Waals surface area contributed by atoms with Gasteiger partial charge in [-0.1, -0.05) is 42.1 Å². The van der Waals surface area contributed by atoms with E-state index in [0.29, 0.717) is 23.0 Å². The van der Waals surface area contributed by atoms with Crippen LogP contribution in [0.15, 0.2) is 40.6 Å². The number of rotatable bonds is 4. The van der Waals surface area contributed by atoms with E-state index in [4.69, 9.17) is 10.8 Å². The van der Waals surface area contributed by atoms with Gasteiger partial charge in [0.2, 0.25) is 16.6 Å². The van der Waals surface area contributed by atoms with Crippen LogP contribution in [-0.2, 0) is 5.66 Å². The minimum atomic E-state index is -1.18. The number of hydrogen-bond acceptors (Lipinski definition) is 8. The smallest absolute Gasteiger partial charge is 0.210 e. The highest BCUT2D eigenvalue weighted by Crippen LogP contribution is 2.34. The largest absolute Gasteiger partial charge is 0.351 e. The van der Waals surface area contributed by atoms with Crippen LogP contribution < -0.4 is 11.1 Å². The van der Waals surface area contributed by atoms with Crippen LogP contribution in [0.4, 0.5) is 5.69 Å². The first kappa shape index (κ1) is 17.0. The predicted octanol–water partition coefficient (Wildman–Crippen LogP) is 1.48. The molecule has 142 valence electrons. The van der Waals surface area contributed by atoms with Gasteiger partial charge >= 0.3 is 0 Å². The maximum atomic E-state index is 6.91. The second kappa shape index (κ2) is 5.91. The van der Waals surface area contributed by atoms with E-state index >= 15 is 0 Å². The molecule has 4 N–H and O–H groups in total. The molecule has 1 unspecified atom stereocenters. The highest BCUT2D eigenvalue weighted by atomic mass is 32.2. The lowest BCUT2D eigenvalue weighted by molar-refractivity contribution is 0.641. The van der Waals surface area contributed by atoms with E-state index in [2.05, 4.69) is 30.8 Å². The van der Waals surface area contributed by atoms with Crippen LogP contribution >= 0.6 is 11.8 Å². The van der Waals surface area contributed by atoms with Gasteiger partial charge in [-0.05, 0) is 20.1 Å². The van der Waals surface area contributed by atoms with Gasteiger partial charge in [0, 0.05) is 5.56 Å². The van der Waals surface area contributed by atoms with Gasteiger partial charge in [-0.3, -0.25) is 10.8 Å². The predicted molar refractivity (Wildman–Crippen MR) is 106 cm³/mol. The Morgan fingerprint density at radius 1 is 1.11 bits per heavy atom. The van der Waals surface area contributed by atoms with Gasteiger partial charge in [0.15, 0.2) is 11.5 Å². The van der Waals surface area contributed by atoms with Gasteiger partial charge in [0.1, 0.15) is 11.4 Å². The number of thioether (sulfide) groups is 1. The molecule has 0 amide bonds. The summed E-state index contributed by atoms with van der Waals surface area (Å²) in [5, 5.41) is 29.1. The van der Waals surface area contributed by atoms with Crippen molar-refractivity contribution in [2.75, 3.05) is 11.6 Å². The number of aromatic nitrogens is 7. The number of fused-ring (bicyclic) bond motifs is 2. The Morgan fingerprint density at radius 3 is 2.64 bits per heavy atom. The third kappa shape index (κ3) is 2.23. The fraction of sp³-hybridized carbons (Fsp3) is 0.235. The second-order valence-electron chi connectivity index (χ2n) is 6.59. The van der Waals surface area contributed by atoms with E-state index in [9.17, 15) is 0 Å². The molecule has 0 fully saturated rings. The molecule has 11 heteroatoms. The summed E-state index contributed by atoms with van der Waals surface area (Å²) in [5.74, 6) is 1.19. The minimum Gasteiger partial charge on any atom is -0.351 e. The standard InChI is InChI=1S/C17H18N10S/c1-9-12(14-21-23-16(28-3)27(14)24-9)19-17(18)13(11-7-5-4-6-8-11)25-26-10(2)20-22-15(17)26/h4-8,19,24H,18H2,1-3H3. The van der Waals surface area contributed by atoms with Crippen molar-refractivity contribution in [3.63, 3.8) is 0 Å². The third-order valence-electron chi connectivity index (χ3n) is 4.79. The molecule has 3 aromatic heterocycles. The first-order valence-electron chi connectivity index (χ1n) is 8.65. The van der Waals surface area contributed by atoms with Crippen LogP contribution in [0, 0.1) is 13.8 Å². The zero-order valence-electron chi connectivity index (χ0n) is 15.5. The van der Waals surface area contributed by atoms with Gasteiger partial charge in [-0.25, -0.2) is 4.52 Å². The molecule has 0 bridgehead atoms. The molecule has 10 nitrogen and oxygen atoms in total. The van der Waals surface area contributed by atoms with E-state index in [1.54, 1.807) is 4.68 Å². The molecular formula is C17H18N10S. The Hall–Kier alpha value is -3.18. The molecule has 0 spiro atoms. The van der Waals surface area contributed by atoms with E-state index in [1.807, 2.05) is 55.0 Å². The van der Waals surface area contributed by atoms with Gasteiger partial charge in [-0.15, -0.1) is 20.4 Å². The van der Waals surface area contributed by atoms with Crippen LogP contribution in [0.5, 0.6) is 0 Å². The molecule has 1 aliphatic rings. The summed E-state index contributed by atoms with van der Waals surface area (Å²) in [5.41, 5.74) is 9.57. The van der Waals surface area contributed by atoms with Crippen LogP contribution in [0.1, 0.15) is 22.9 Å². The molecule has 4 heterocycles. The van der Waals surface area contributed by atoms with Crippen molar-refractivity contribution in [1.82, 2.24) is 34.7 Å². The molecule has 1 aliphatic heterocycles. The maximum absolute atomic E-state index is 6.91. The Balaban J connectivity index is 1.68. The minimum absolute atomic E-state index is 0.521. The zero-order chi connectivity index (χ0) is 19.5. The van der Waals surface area contributed by atoms with E-state index in [-0.39, 0.29) is 0 Å². The number of nitrogens with two attached hydrogens (primary N) is 1. The lowest BCUT2D eigenvalue weighted by atomic mass is 9.97. The van der Waals surface area contributed by atoms with Crippen molar-refractivity contribution < 1.29 is 0 Å². The number of benzene rings is 1. The van der Waals surface area contributed by atoms with Gasteiger partial charge in [0.05, 0.1) is 5.69 Å². The molecule has 1 aromatic carbocycles. The summed E-state index contributed by atoms with van der Waals surface area (Å²) in [6.07, 6.45) is 1.95. The summed E-state index contributed by atoms with van der Waals surface area (Å²) in [6.45, 7) is 3.80. The Kier molecular flexibility index (Phi) is 3.58. The van der Waals surface area contributed by atoms with Gasteiger partial charge < -0.3 is 5.32 Å². The molecule has 0 radical (unpaired) electrons. The first-order chi connectivity index (χ1) is 13.5. The van der Waals surface area contributed by atoms with Gasteiger partial charge in [0.25, 0.3) is 0 Å². The summed E-state index contributed by atoms with van der Waals surface area (Å²) < 4.78 is 3.50.